The molecular formula is C23H26ClN5OS. The van der Waals surface area contributed by atoms with E-state index < -0.39 is 0 Å². The van der Waals surface area contributed by atoms with Crippen molar-refractivity contribution in [3.63, 3.8) is 0 Å². The van der Waals surface area contributed by atoms with Crippen LogP contribution in [-0.2, 0) is 11.3 Å². The van der Waals surface area contributed by atoms with Crippen LogP contribution in [0.3, 0.4) is 0 Å². The molecule has 1 amide bonds. The van der Waals surface area contributed by atoms with Crippen LogP contribution in [0, 0.1) is 0 Å². The molecular weight excluding hydrogens is 430 g/mol. The fraction of sp³-hybridized carbons (Fsp3) is 0.348. The molecule has 1 saturated heterocycles. The Bertz CT molecular complexity index is 1060. The third-order valence-electron chi connectivity index (χ3n) is 5.67. The van der Waals surface area contributed by atoms with Crippen LogP contribution in [0.15, 0.2) is 53.7 Å². The van der Waals surface area contributed by atoms with Gasteiger partial charge in [-0.1, -0.05) is 24.6 Å². The first kappa shape index (κ1) is 21.9. The molecule has 1 aliphatic heterocycles. The molecule has 4 rings (SSSR count). The van der Waals surface area contributed by atoms with Gasteiger partial charge in [-0.3, -0.25) is 9.69 Å². The van der Waals surface area contributed by atoms with Gasteiger partial charge in [-0.2, -0.15) is 0 Å². The summed E-state index contributed by atoms with van der Waals surface area (Å²) in [7, 11) is 0. The predicted molar refractivity (Wildman–Crippen MR) is 127 cm³/mol. The second-order valence-electron chi connectivity index (χ2n) is 7.74. The number of carbonyl (C=O) groups is 1. The molecule has 0 unspecified atom stereocenters. The number of carbonyl (C=O) groups excluding carboxylic acids is 1. The van der Waals surface area contributed by atoms with Gasteiger partial charge in [-0.25, -0.2) is 9.97 Å². The zero-order chi connectivity index (χ0) is 21.8. The lowest BCUT2D eigenvalue weighted by Crippen LogP contribution is -2.55. The molecule has 2 aromatic carbocycles. The molecule has 2 heterocycles. The second kappa shape index (κ2) is 9.85. The van der Waals surface area contributed by atoms with Crippen LogP contribution in [-0.4, -0.2) is 57.1 Å². The van der Waals surface area contributed by atoms with Crippen LogP contribution in [0.5, 0.6) is 0 Å². The van der Waals surface area contributed by atoms with Gasteiger partial charge in [0.05, 0.1) is 11.3 Å². The Morgan fingerprint density at radius 1 is 1.19 bits per heavy atom. The van der Waals surface area contributed by atoms with Crippen molar-refractivity contribution in [3.05, 3.63) is 59.4 Å². The lowest BCUT2D eigenvalue weighted by molar-refractivity contribution is -0.133. The quantitative estimate of drug-likeness (QED) is 0.564. The average molecular weight is 456 g/mol. The first-order chi connectivity index (χ1) is 15.0. The summed E-state index contributed by atoms with van der Waals surface area (Å²) in [6.45, 7) is 5.46. The van der Waals surface area contributed by atoms with Crippen molar-refractivity contribution >= 4 is 46.0 Å². The Hall–Kier alpha value is -2.35. The summed E-state index contributed by atoms with van der Waals surface area (Å²) in [6, 6.07) is 14.0. The van der Waals surface area contributed by atoms with Crippen molar-refractivity contribution in [2.24, 2.45) is 0 Å². The number of halogens is 1. The number of benzene rings is 2. The molecule has 1 aromatic heterocycles. The van der Waals surface area contributed by atoms with E-state index in [2.05, 4.69) is 33.9 Å². The number of piperazine rings is 1. The number of amides is 1. The van der Waals surface area contributed by atoms with E-state index >= 15 is 0 Å². The first-order valence-electron chi connectivity index (χ1n) is 10.4. The maximum Gasteiger partial charge on any atom is 0.233 e. The van der Waals surface area contributed by atoms with Crippen LogP contribution in [0.2, 0.25) is 5.02 Å². The number of fused-ring (bicyclic) bond motifs is 1. The van der Waals surface area contributed by atoms with E-state index in [0.717, 1.165) is 48.4 Å². The van der Waals surface area contributed by atoms with E-state index in [1.807, 2.05) is 35.2 Å². The van der Waals surface area contributed by atoms with Gasteiger partial charge in [0, 0.05) is 47.5 Å². The number of hydrogen-bond donors (Lipinski definition) is 1. The summed E-state index contributed by atoms with van der Waals surface area (Å²) >= 11 is 7.50. The summed E-state index contributed by atoms with van der Waals surface area (Å²) in [6.07, 6.45) is 2.44. The fourth-order valence-electron chi connectivity index (χ4n) is 3.98. The molecule has 1 atom stereocenters. The van der Waals surface area contributed by atoms with Crippen LogP contribution in [0.1, 0.15) is 18.9 Å². The molecule has 1 fully saturated rings. The molecule has 31 heavy (non-hydrogen) atoms. The van der Waals surface area contributed by atoms with Gasteiger partial charge in [-0.15, -0.1) is 11.8 Å². The normalized spacial score (nSPS) is 17.2. The molecule has 3 aromatic rings. The Kier molecular flexibility index (Phi) is 6.95. The molecule has 0 saturated carbocycles. The molecule has 0 bridgehead atoms. The Morgan fingerprint density at radius 2 is 2.00 bits per heavy atom. The standard InChI is InChI=1S/C23H26ClN5OS/c1-2-18-13-28(12-16-3-8-20-21(11-16)26-15-27-23(20)25)9-10-29(18)22(30)14-31-19-6-4-17(24)5-7-19/h3-8,11,15,18H,2,9-10,12-14H2,1H3,(H2,25,26,27)/t18-/m0/s1. The summed E-state index contributed by atoms with van der Waals surface area (Å²) in [5, 5.41) is 1.59. The van der Waals surface area contributed by atoms with Crippen LogP contribution in [0.4, 0.5) is 5.82 Å². The lowest BCUT2D eigenvalue weighted by atomic mass is 10.1. The smallest absolute Gasteiger partial charge is 0.233 e. The summed E-state index contributed by atoms with van der Waals surface area (Å²) in [5.41, 5.74) is 7.99. The number of hydrogen-bond acceptors (Lipinski definition) is 6. The van der Waals surface area contributed by atoms with Crippen molar-refractivity contribution in [2.75, 3.05) is 31.1 Å². The Balaban J connectivity index is 1.35. The summed E-state index contributed by atoms with van der Waals surface area (Å²) in [5.74, 6) is 1.15. The van der Waals surface area contributed by atoms with Crippen LogP contribution >= 0.6 is 23.4 Å². The number of aromatic nitrogens is 2. The molecule has 0 radical (unpaired) electrons. The topological polar surface area (TPSA) is 75.3 Å². The number of nitrogens with two attached hydrogens (primary N) is 1. The minimum absolute atomic E-state index is 0.198. The van der Waals surface area contributed by atoms with Crippen molar-refractivity contribution in [3.8, 4) is 0 Å². The highest BCUT2D eigenvalue weighted by molar-refractivity contribution is 8.00. The van der Waals surface area contributed by atoms with Crippen LogP contribution in [0.25, 0.3) is 10.9 Å². The van der Waals surface area contributed by atoms with Gasteiger partial charge in [0.2, 0.25) is 5.91 Å². The predicted octanol–water partition coefficient (Wildman–Crippen LogP) is 4.08. The molecule has 8 heteroatoms. The molecule has 0 spiro atoms. The van der Waals surface area contributed by atoms with Gasteiger partial charge in [0.1, 0.15) is 12.1 Å². The molecule has 0 aliphatic carbocycles. The number of anilines is 1. The van der Waals surface area contributed by atoms with E-state index in [4.69, 9.17) is 17.3 Å². The zero-order valence-corrected chi connectivity index (χ0v) is 19.1. The van der Waals surface area contributed by atoms with E-state index in [-0.39, 0.29) is 11.9 Å². The zero-order valence-electron chi connectivity index (χ0n) is 17.5. The van der Waals surface area contributed by atoms with Gasteiger partial charge in [-0.05, 0) is 48.4 Å². The van der Waals surface area contributed by atoms with E-state index in [1.165, 1.54) is 11.9 Å². The lowest BCUT2D eigenvalue weighted by Gasteiger charge is -2.41. The van der Waals surface area contributed by atoms with Gasteiger partial charge < -0.3 is 10.6 Å². The highest BCUT2D eigenvalue weighted by Gasteiger charge is 2.29. The Labute approximate surface area is 191 Å². The molecule has 1 aliphatic rings. The highest BCUT2D eigenvalue weighted by Crippen LogP contribution is 2.24. The van der Waals surface area contributed by atoms with Gasteiger partial charge in [0.25, 0.3) is 0 Å². The third kappa shape index (κ3) is 5.29. The number of thioether (sulfide) groups is 1. The first-order valence-corrected chi connectivity index (χ1v) is 11.8. The number of rotatable bonds is 6. The van der Waals surface area contributed by atoms with Crippen molar-refractivity contribution in [1.29, 1.82) is 0 Å². The van der Waals surface area contributed by atoms with Gasteiger partial charge >= 0.3 is 0 Å². The van der Waals surface area contributed by atoms with Crippen molar-refractivity contribution in [2.45, 2.75) is 30.8 Å². The maximum atomic E-state index is 12.9. The average Bonchev–Trinajstić information content (AvgIpc) is 2.78. The van der Waals surface area contributed by atoms with E-state index in [0.29, 0.717) is 16.6 Å². The minimum atomic E-state index is 0.198. The molecule has 6 nitrogen and oxygen atoms in total. The second-order valence-corrected chi connectivity index (χ2v) is 9.22. The SMILES string of the molecule is CC[C@H]1CN(Cc2ccc3c(N)ncnc3c2)CCN1C(=O)CSc1ccc(Cl)cc1. The number of nitrogens with zero attached hydrogens (tertiary/aromatic N) is 4. The van der Waals surface area contributed by atoms with Crippen molar-refractivity contribution < 1.29 is 4.79 Å². The maximum absolute atomic E-state index is 12.9. The van der Waals surface area contributed by atoms with Crippen LogP contribution < -0.4 is 5.73 Å². The molecule has 2 N–H and O–H groups in total. The third-order valence-corrected chi connectivity index (χ3v) is 6.92. The highest BCUT2D eigenvalue weighted by atomic mass is 35.5. The Morgan fingerprint density at radius 3 is 2.77 bits per heavy atom. The fourth-order valence-corrected chi connectivity index (χ4v) is 4.89. The number of nitrogen functional groups attached to an aromatic ring is 1. The largest absolute Gasteiger partial charge is 0.383 e. The van der Waals surface area contributed by atoms with E-state index in [1.54, 1.807) is 11.8 Å². The van der Waals surface area contributed by atoms with Crippen molar-refractivity contribution in [1.82, 2.24) is 19.8 Å². The summed E-state index contributed by atoms with van der Waals surface area (Å²) < 4.78 is 0. The summed E-state index contributed by atoms with van der Waals surface area (Å²) in [4.78, 5) is 26.8. The molecule has 162 valence electrons. The monoisotopic (exact) mass is 455 g/mol. The minimum Gasteiger partial charge on any atom is -0.383 e. The van der Waals surface area contributed by atoms with E-state index in [9.17, 15) is 4.79 Å². The van der Waals surface area contributed by atoms with Gasteiger partial charge in [0.15, 0.2) is 0 Å².